The van der Waals surface area contributed by atoms with E-state index in [0.29, 0.717) is 23.3 Å². The molecular formula is C17H17F2NO2. The summed E-state index contributed by atoms with van der Waals surface area (Å²) in [5.41, 5.74) is 7.74. The largest absolute Gasteiger partial charge is 0.466 e. The second-order valence-corrected chi connectivity index (χ2v) is 4.90. The maximum atomic E-state index is 13.3. The first-order chi connectivity index (χ1) is 10.5. The molecule has 3 nitrogen and oxygen atoms in total. The van der Waals surface area contributed by atoms with Crippen LogP contribution in [0.15, 0.2) is 42.5 Å². The number of hydrogen-bond acceptors (Lipinski definition) is 3. The van der Waals surface area contributed by atoms with Crippen LogP contribution in [0.3, 0.4) is 0 Å². The van der Waals surface area contributed by atoms with Crippen molar-refractivity contribution in [2.75, 3.05) is 6.61 Å². The lowest BCUT2D eigenvalue weighted by Crippen LogP contribution is -2.17. The van der Waals surface area contributed by atoms with Crippen molar-refractivity contribution < 1.29 is 18.3 Å². The van der Waals surface area contributed by atoms with Crippen molar-refractivity contribution in [3.63, 3.8) is 0 Å². The van der Waals surface area contributed by atoms with Gasteiger partial charge in [0.05, 0.1) is 13.0 Å². The molecule has 2 rings (SSSR count). The van der Waals surface area contributed by atoms with Crippen molar-refractivity contribution in [1.82, 2.24) is 0 Å². The van der Waals surface area contributed by atoms with Crippen molar-refractivity contribution in [2.45, 2.75) is 19.4 Å². The van der Waals surface area contributed by atoms with E-state index in [1.54, 1.807) is 31.2 Å². The molecule has 0 aliphatic rings. The average Bonchev–Trinajstić information content (AvgIpc) is 2.46. The smallest absolute Gasteiger partial charge is 0.307 e. The molecule has 2 aromatic rings. The van der Waals surface area contributed by atoms with Crippen LogP contribution in [0.1, 0.15) is 24.9 Å². The van der Waals surface area contributed by atoms with Gasteiger partial charge in [-0.2, -0.15) is 0 Å². The number of esters is 1. The van der Waals surface area contributed by atoms with Crippen LogP contribution in [0, 0.1) is 11.6 Å². The minimum atomic E-state index is -0.642. The molecule has 22 heavy (non-hydrogen) atoms. The highest BCUT2D eigenvalue weighted by Gasteiger charge is 2.13. The number of carbonyl (C=O) groups is 1. The van der Waals surface area contributed by atoms with Crippen LogP contribution in [-0.4, -0.2) is 12.6 Å². The monoisotopic (exact) mass is 305 g/mol. The van der Waals surface area contributed by atoms with Gasteiger partial charge in [0.1, 0.15) is 11.6 Å². The van der Waals surface area contributed by atoms with E-state index in [9.17, 15) is 13.6 Å². The van der Waals surface area contributed by atoms with E-state index >= 15 is 0 Å². The summed E-state index contributed by atoms with van der Waals surface area (Å²) in [6, 6.07) is 9.74. The minimum absolute atomic E-state index is 0.0504. The third-order valence-corrected chi connectivity index (χ3v) is 3.20. The highest BCUT2D eigenvalue weighted by atomic mass is 19.1. The Morgan fingerprint density at radius 1 is 1.14 bits per heavy atom. The molecule has 0 saturated heterocycles. The van der Waals surface area contributed by atoms with E-state index in [-0.39, 0.29) is 12.4 Å². The van der Waals surface area contributed by atoms with Crippen molar-refractivity contribution >= 4 is 5.97 Å². The standard InChI is InChI=1S/C17H17F2NO2/c1-2-22-17(21)10-16(20)12-5-3-4-11(6-12)13-7-14(18)9-15(19)8-13/h3-9,16H,2,10,20H2,1H3/t16-/m0/s1. The first-order valence-electron chi connectivity index (χ1n) is 6.97. The third-order valence-electron chi connectivity index (χ3n) is 3.20. The first-order valence-corrected chi connectivity index (χ1v) is 6.97. The molecule has 1 atom stereocenters. The average molecular weight is 305 g/mol. The number of hydrogen-bond donors (Lipinski definition) is 1. The van der Waals surface area contributed by atoms with Gasteiger partial charge in [-0.3, -0.25) is 4.79 Å². The number of ether oxygens (including phenoxy) is 1. The van der Waals surface area contributed by atoms with Gasteiger partial charge in [-0.1, -0.05) is 18.2 Å². The second kappa shape index (κ2) is 7.13. The summed E-state index contributed by atoms with van der Waals surface area (Å²) in [7, 11) is 0. The Bertz CT molecular complexity index is 653. The van der Waals surface area contributed by atoms with Crippen molar-refractivity contribution in [2.24, 2.45) is 5.73 Å². The third kappa shape index (κ3) is 4.11. The summed E-state index contributed by atoms with van der Waals surface area (Å²) in [5, 5.41) is 0. The van der Waals surface area contributed by atoms with E-state index in [1.165, 1.54) is 12.1 Å². The maximum absolute atomic E-state index is 13.3. The molecule has 0 amide bonds. The van der Waals surface area contributed by atoms with Gasteiger partial charge in [0.25, 0.3) is 0 Å². The summed E-state index contributed by atoms with van der Waals surface area (Å²) in [6.07, 6.45) is 0.0504. The molecule has 0 radical (unpaired) electrons. The van der Waals surface area contributed by atoms with Crippen LogP contribution in [0.4, 0.5) is 8.78 Å². The molecule has 5 heteroatoms. The predicted octanol–water partition coefficient (Wildman–Crippen LogP) is 3.58. The topological polar surface area (TPSA) is 52.3 Å². The van der Waals surface area contributed by atoms with E-state index in [2.05, 4.69) is 0 Å². The predicted molar refractivity (Wildman–Crippen MR) is 80.0 cm³/mol. The fraction of sp³-hybridized carbons (Fsp3) is 0.235. The van der Waals surface area contributed by atoms with Crippen LogP contribution < -0.4 is 5.73 Å². The van der Waals surface area contributed by atoms with Gasteiger partial charge in [0.15, 0.2) is 0 Å². The Kier molecular flexibility index (Phi) is 5.22. The molecule has 0 aromatic heterocycles. The summed E-state index contributed by atoms with van der Waals surface area (Å²) < 4.78 is 31.5. The number of nitrogens with two attached hydrogens (primary N) is 1. The first kappa shape index (κ1) is 16.1. The molecule has 116 valence electrons. The Morgan fingerprint density at radius 3 is 2.45 bits per heavy atom. The molecule has 0 aliphatic heterocycles. The van der Waals surface area contributed by atoms with Gasteiger partial charge < -0.3 is 10.5 Å². The summed E-state index contributed by atoms with van der Waals surface area (Å²) in [6.45, 7) is 2.02. The van der Waals surface area contributed by atoms with Gasteiger partial charge in [0.2, 0.25) is 0 Å². The molecule has 0 bridgehead atoms. The fourth-order valence-electron chi connectivity index (χ4n) is 2.19. The second-order valence-electron chi connectivity index (χ2n) is 4.90. The maximum Gasteiger partial charge on any atom is 0.307 e. The fourth-order valence-corrected chi connectivity index (χ4v) is 2.19. The molecule has 0 saturated carbocycles. The SMILES string of the molecule is CCOC(=O)C[C@H](N)c1cccc(-c2cc(F)cc(F)c2)c1. The van der Waals surface area contributed by atoms with E-state index in [4.69, 9.17) is 10.5 Å². The normalized spacial score (nSPS) is 12.0. The Hall–Kier alpha value is -2.27. The van der Waals surface area contributed by atoms with Crippen molar-refractivity contribution in [3.05, 3.63) is 59.7 Å². The highest BCUT2D eigenvalue weighted by Crippen LogP contribution is 2.25. The Balaban J connectivity index is 2.24. The number of benzene rings is 2. The number of rotatable bonds is 5. The summed E-state index contributed by atoms with van der Waals surface area (Å²) in [4.78, 5) is 11.5. The molecule has 0 fully saturated rings. The summed E-state index contributed by atoms with van der Waals surface area (Å²) >= 11 is 0. The van der Waals surface area contributed by atoms with E-state index < -0.39 is 17.7 Å². The molecular weight excluding hydrogens is 288 g/mol. The summed E-state index contributed by atoms with van der Waals surface area (Å²) in [5.74, 6) is -1.66. The van der Waals surface area contributed by atoms with Gasteiger partial charge >= 0.3 is 5.97 Å². The quantitative estimate of drug-likeness (QED) is 0.859. The van der Waals surface area contributed by atoms with Crippen LogP contribution in [0.2, 0.25) is 0 Å². The lowest BCUT2D eigenvalue weighted by atomic mass is 9.98. The van der Waals surface area contributed by atoms with Crippen LogP contribution >= 0.6 is 0 Å². The molecule has 0 unspecified atom stereocenters. The van der Waals surface area contributed by atoms with Gasteiger partial charge in [0, 0.05) is 12.1 Å². The van der Waals surface area contributed by atoms with Gasteiger partial charge in [-0.05, 0) is 41.8 Å². The Labute approximate surface area is 127 Å². The molecule has 0 heterocycles. The van der Waals surface area contributed by atoms with Crippen molar-refractivity contribution in [1.29, 1.82) is 0 Å². The minimum Gasteiger partial charge on any atom is -0.466 e. The lowest BCUT2D eigenvalue weighted by Gasteiger charge is -2.13. The van der Waals surface area contributed by atoms with E-state index in [1.807, 2.05) is 0 Å². The molecule has 2 aromatic carbocycles. The van der Waals surface area contributed by atoms with Crippen molar-refractivity contribution in [3.8, 4) is 11.1 Å². The number of halogens is 2. The molecule has 2 N–H and O–H groups in total. The highest BCUT2D eigenvalue weighted by molar-refractivity contribution is 5.71. The molecule has 0 aliphatic carbocycles. The lowest BCUT2D eigenvalue weighted by molar-refractivity contribution is -0.143. The van der Waals surface area contributed by atoms with Crippen LogP contribution in [0.25, 0.3) is 11.1 Å². The van der Waals surface area contributed by atoms with E-state index in [0.717, 1.165) is 6.07 Å². The Morgan fingerprint density at radius 2 is 1.82 bits per heavy atom. The van der Waals surface area contributed by atoms with Gasteiger partial charge in [-0.25, -0.2) is 8.78 Å². The zero-order chi connectivity index (χ0) is 16.1. The molecule has 0 spiro atoms. The van der Waals surface area contributed by atoms with Crippen LogP contribution in [0.5, 0.6) is 0 Å². The van der Waals surface area contributed by atoms with Gasteiger partial charge in [-0.15, -0.1) is 0 Å². The zero-order valence-electron chi connectivity index (χ0n) is 12.2. The number of carbonyl (C=O) groups excluding carboxylic acids is 1. The van der Waals surface area contributed by atoms with Crippen LogP contribution in [-0.2, 0) is 9.53 Å². The zero-order valence-corrected chi connectivity index (χ0v) is 12.2.